The van der Waals surface area contributed by atoms with Gasteiger partial charge in [0.15, 0.2) is 5.65 Å². The van der Waals surface area contributed by atoms with Gasteiger partial charge in [0.25, 0.3) is 10.0 Å². The molecule has 4 rings (SSSR count). The zero-order valence-electron chi connectivity index (χ0n) is 17.9. The number of ether oxygens (including phenoxy) is 1. The highest BCUT2D eigenvalue weighted by molar-refractivity contribution is 7.90. The number of fused-ring (bicyclic) bond motifs is 1. The Morgan fingerprint density at radius 2 is 1.66 bits per heavy atom. The number of rotatable bonds is 4. The molecule has 8 heteroatoms. The molecule has 0 bridgehead atoms. The van der Waals surface area contributed by atoms with Gasteiger partial charge in [0.05, 0.1) is 4.90 Å². The third kappa shape index (κ3) is 4.36. The molecule has 164 valence electrons. The van der Waals surface area contributed by atoms with E-state index in [1.165, 1.54) is 10.2 Å². The van der Waals surface area contributed by atoms with Crippen molar-refractivity contribution in [3.63, 3.8) is 0 Å². The van der Waals surface area contributed by atoms with Gasteiger partial charge in [-0.3, -0.25) is 5.32 Å². The quantitative estimate of drug-likeness (QED) is 0.457. The number of anilines is 1. The summed E-state index contributed by atoms with van der Waals surface area (Å²) in [5.41, 5.74) is 2.06. The summed E-state index contributed by atoms with van der Waals surface area (Å²) < 4.78 is 32.6. The molecular formula is C24H23N3O4S. The minimum atomic E-state index is -3.76. The van der Waals surface area contributed by atoms with Crippen LogP contribution in [0.2, 0.25) is 0 Å². The van der Waals surface area contributed by atoms with Crippen LogP contribution in [0.5, 0.6) is 0 Å². The molecule has 0 fully saturated rings. The number of aromatic nitrogens is 2. The molecule has 0 saturated carbocycles. The minimum absolute atomic E-state index is 0.197. The second-order valence-electron chi connectivity index (χ2n) is 8.23. The maximum Gasteiger partial charge on any atom is 0.412 e. The zero-order chi connectivity index (χ0) is 22.9. The van der Waals surface area contributed by atoms with Crippen molar-refractivity contribution in [3.05, 3.63) is 79.1 Å². The average Bonchev–Trinajstić information content (AvgIpc) is 3.19. The first-order valence-electron chi connectivity index (χ1n) is 10.0. The van der Waals surface area contributed by atoms with Gasteiger partial charge in [-0.05, 0) is 68.3 Å². The fourth-order valence-corrected chi connectivity index (χ4v) is 4.64. The molecule has 0 saturated heterocycles. The Hall–Kier alpha value is -3.65. The number of hydrogen-bond acceptors (Lipinski definition) is 5. The molecule has 0 radical (unpaired) electrons. The standard InChI is InChI=1S/C24H23N3O4S/c1-24(2,3)31-23(28)26-18-11-9-17(10-12-18)20-13-15-25-22-21(20)14-16-27(22)32(29,30)19-7-5-4-6-8-19/h4-16H,1-3H3,(H,26,28). The molecule has 7 nitrogen and oxygen atoms in total. The molecule has 1 amide bonds. The predicted octanol–water partition coefficient (Wildman–Crippen LogP) is 5.29. The number of nitrogens with one attached hydrogen (secondary N) is 1. The van der Waals surface area contributed by atoms with Crippen LogP contribution in [-0.2, 0) is 14.8 Å². The van der Waals surface area contributed by atoms with E-state index in [0.29, 0.717) is 16.7 Å². The van der Waals surface area contributed by atoms with Crippen molar-refractivity contribution in [1.82, 2.24) is 8.96 Å². The van der Waals surface area contributed by atoms with Crippen molar-refractivity contribution < 1.29 is 17.9 Å². The van der Waals surface area contributed by atoms with E-state index in [-0.39, 0.29) is 4.90 Å². The molecule has 2 aromatic carbocycles. The zero-order valence-corrected chi connectivity index (χ0v) is 18.8. The topological polar surface area (TPSA) is 90.3 Å². The highest BCUT2D eigenvalue weighted by Crippen LogP contribution is 2.30. The van der Waals surface area contributed by atoms with Gasteiger partial charge in [0, 0.05) is 23.5 Å². The SMILES string of the molecule is CC(C)(C)OC(=O)Nc1ccc(-c2ccnc3c2ccn3S(=O)(=O)c2ccccc2)cc1. The third-order valence-corrected chi connectivity index (χ3v) is 6.38. The monoisotopic (exact) mass is 449 g/mol. The summed E-state index contributed by atoms with van der Waals surface area (Å²) in [5.74, 6) is 0. The molecular weight excluding hydrogens is 426 g/mol. The number of carbonyl (C=O) groups is 1. The molecule has 0 aliphatic rings. The largest absolute Gasteiger partial charge is 0.444 e. The molecule has 4 aromatic rings. The second-order valence-corrected chi connectivity index (χ2v) is 10.0. The highest BCUT2D eigenvalue weighted by Gasteiger charge is 2.21. The van der Waals surface area contributed by atoms with Crippen LogP contribution in [0.25, 0.3) is 22.2 Å². The Balaban J connectivity index is 1.66. The van der Waals surface area contributed by atoms with E-state index < -0.39 is 21.7 Å². The van der Waals surface area contributed by atoms with Crippen molar-refractivity contribution in [3.8, 4) is 11.1 Å². The highest BCUT2D eigenvalue weighted by atomic mass is 32.2. The van der Waals surface area contributed by atoms with E-state index in [1.807, 2.05) is 18.2 Å². The van der Waals surface area contributed by atoms with Crippen LogP contribution >= 0.6 is 0 Å². The lowest BCUT2D eigenvalue weighted by atomic mass is 10.0. The van der Waals surface area contributed by atoms with E-state index in [0.717, 1.165) is 11.1 Å². The van der Waals surface area contributed by atoms with E-state index in [9.17, 15) is 13.2 Å². The summed E-state index contributed by atoms with van der Waals surface area (Å²) in [6.45, 7) is 5.40. The van der Waals surface area contributed by atoms with Gasteiger partial charge in [0.1, 0.15) is 5.60 Å². The number of amides is 1. The first-order valence-corrected chi connectivity index (χ1v) is 11.5. The first kappa shape index (κ1) is 21.6. The van der Waals surface area contributed by atoms with Crippen LogP contribution in [0, 0.1) is 0 Å². The molecule has 0 aliphatic heterocycles. The lowest BCUT2D eigenvalue weighted by Gasteiger charge is -2.19. The lowest BCUT2D eigenvalue weighted by molar-refractivity contribution is 0.0636. The van der Waals surface area contributed by atoms with E-state index in [1.54, 1.807) is 75.5 Å². The van der Waals surface area contributed by atoms with Crippen molar-refractivity contribution in [1.29, 1.82) is 0 Å². The summed E-state index contributed by atoms with van der Waals surface area (Å²) in [5, 5.41) is 3.41. The third-order valence-electron chi connectivity index (χ3n) is 4.70. The van der Waals surface area contributed by atoms with Crippen LogP contribution in [0.4, 0.5) is 10.5 Å². The van der Waals surface area contributed by atoms with Crippen molar-refractivity contribution >= 4 is 32.8 Å². The lowest BCUT2D eigenvalue weighted by Crippen LogP contribution is -2.27. The number of nitrogens with zero attached hydrogens (tertiary/aromatic N) is 2. The van der Waals surface area contributed by atoms with E-state index >= 15 is 0 Å². The van der Waals surface area contributed by atoms with Gasteiger partial charge in [-0.2, -0.15) is 0 Å². The van der Waals surface area contributed by atoms with Gasteiger partial charge >= 0.3 is 6.09 Å². The fraction of sp³-hybridized carbons (Fsp3) is 0.167. The normalized spacial score (nSPS) is 12.0. The van der Waals surface area contributed by atoms with Crippen molar-refractivity contribution in [2.45, 2.75) is 31.3 Å². The van der Waals surface area contributed by atoms with Crippen LogP contribution < -0.4 is 5.32 Å². The molecule has 0 unspecified atom stereocenters. The number of hydrogen-bond donors (Lipinski definition) is 1. The Morgan fingerprint density at radius 3 is 2.31 bits per heavy atom. The van der Waals surface area contributed by atoms with Gasteiger partial charge < -0.3 is 4.74 Å². The molecule has 1 N–H and O–H groups in total. The Morgan fingerprint density at radius 1 is 0.969 bits per heavy atom. The van der Waals surface area contributed by atoms with Gasteiger partial charge in [0.2, 0.25) is 0 Å². The number of carbonyl (C=O) groups excluding carboxylic acids is 1. The summed E-state index contributed by atoms with van der Waals surface area (Å²) in [6.07, 6.45) is 2.57. The molecule has 0 atom stereocenters. The van der Waals surface area contributed by atoms with E-state index in [2.05, 4.69) is 10.3 Å². The fourth-order valence-electron chi connectivity index (χ4n) is 3.32. The molecule has 32 heavy (non-hydrogen) atoms. The maximum atomic E-state index is 13.1. The summed E-state index contributed by atoms with van der Waals surface area (Å²) in [7, 11) is -3.76. The van der Waals surface area contributed by atoms with Crippen LogP contribution in [0.15, 0.2) is 84.0 Å². The number of pyridine rings is 1. The van der Waals surface area contributed by atoms with Crippen LogP contribution in [-0.4, -0.2) is 29.1 Å². The molecule has 0 aliphatic carbocycles. The Kier molecular flexibility index (Phi) is 5.48. The predicted molar refractivity (Wildman–Crippen MR) is 124 cm³/mol. The summed E-state index contributed by atoms with van der Waals surface area (Å²) in [4.78, 5) is 16.5. The van der Waals surface area contributed by atoms with Gasteiger partial charge in [-0.15, -0.1) is 0 Å². The van der Waals surface area contributed by atoms with E-state index in [4.69, 9.17) is 4.74 Å². The Labute approximate surface area is 186 Å². The first-order chi connectivity index (χ1) is 15.1. The Bertz CT molecular complexity index is 1370. The van der Waals surface area contributed by atoms with Crippen molar-refractivity contribution in [2.75, 3.05) is 5.32 Å². The van der Waals surface area contributed by atoms with Gasteiger partial charge in [-0.25, -0.2) is 22.2 Å². The van der Waals surface area contributed by atoms with Crippen LogP contribution in [0.1, 0.15) is 20.8 Å². The minimum Gasteiger partial charge on any atom is -0.444 e. The smallest absolute Gasteiger partial charge is 0.412 e. The summed E-state index contributed by atoms with van der Waals surface area (Å²) in [6, 6.07) is 19.1. The van der Waals surface area contributed by atoms with Gasteiger partial charge in [-0.1, -0.05) is 30.3 Å². The van der Waals surface area contributed by atoms with Crippen LogP contribution in [0.3, 0.4) is 0 Å². The molecule has 2 heterocycles. The maximum absolute atomic E-state index is 13.1. The van der Waals surface area contributed by atoms with Crippen molar-refractivity contribution in [2.24, 2.45) is 0 Å². The molecule has 0 spiro atoms. The number of benzene rings is 2. The average molecular weight is 450 g/mol. The molecule has 2 aromatic heterocycles. The second kappa shape index (κ2) is 8.12. The summed E-state index contributed by atoms with van der Waals surface area (Å²) >= 11 is 0.